The number of hydrogen-bond donors (Lipinski definition) is 1. The van der Waals surface area contributed by atoms with Crippen LogP contribution in [-0.2, 0) is 4.79 Å². The molecule has 5 heteroatoms. The monoisotopic (exact) mass is 326 g/mol. The van der Waals surface area contributed by atoms with Crippen LogP contribution in [0.3, 0.4) is 0 Å². The lowest BCUT2D eigenvalue weighted by molar-refractivity contribution is -0.129. The predicted molar refractivity (Wildman–Crippen MR) is 79.6 cm³/mol. The standard InChI is InChI=1S/C14H19BrN2O2/c1-3-17(10-4-5-10)14(18)9-16-13-8-11(19-2)6-7-12(13)15/h6-8,10,16H,3-5,9H2,1-2H3. The van der Waals surface area contributed by atoms with E-state index < -0.39 is 0 Å². The number of methoxy groups -OCH3 is 1. The predicted octanol–water partition coefficient (Wildman–Crippen LogP) is 2.88. The number of amides is 1. The Kier molecular flexibility index (Phi) is 4.69. The second-order valence-electron chi connectivity index (χ2n) is 4.61. The summed E-state index contributed by atoms with van der Waals surface area (Å²) in [5, 5.41) is 3.17. The first-order chi connectivity index (χ1) is 9.15. The van der Waals surface area contributed by atoms with E-state index in [4.69, 9.17) is 4.74 Å². The number of anilines is 1. The number of nitrogens with one attached hydrogen (secondary N) is 1. The van der Waals surface area contributed by atoms with E-state index >= 15 is 0 Å². The third kappa shape index (κ3) is 3.62. The minimum absolute atomic E-state index is 0.153. The number of halogens is 1. The van der Waals surface area contributed by atoms with Gasteiger partial charge in [-0.3, -0.25) is 4.79 Å². The van der Waals surface area contributed by atoms with E-state index in [0.717, 1.165) is 35.3 Å². The molecule has 0 heterocycles. The molecule has 1 aliphatic carbocycles. The van der Waals surface area contributed by atoms with Gasteiger partial charge in [0.25, 0.3) is 0 Å². The molecule has 104 valence electrons. The van der Waals surface area contributed by atoms with Crippen LogP contribution < -0.4 is 10.1 Å². The number of nitrogens with zero attached hydrogens (tertiary/aromatic N) is 1. The lowest BCUT2D eigenvalue weighted by atomic mass is 10.3. The van der Waals surface area contributed by atoms with Crippen molar-refractivity contribution in [2.75, 3.05) is 25.5 Å². The maximum atomic E-state index is 12.1. The lowest BCUT2D eigenvalue weighted by Gasteiger charge is -2.21. The summed E-state index contributed by atoms with van der Waals surface area (Å²) in [6.45, 7) is 3.12. The van der Waals surface area contributed by atoms with Gasteiger partial charge in [0.05, 0.1) is 19.3 Å². The molecule has 0 radical (unpaired) electrons. The SMILES string of the molecule is CCN(C(=O)CNc1cc(OC)ccc1Br)C1CC1. The highest BCUT2D eigenvalue weighted by Crippen LogP contribution is 2.28. The number of carbonyl (C=O) groups is 1. The van der Waals surface area contributed by atoms with Crippen molar-refractivity contribution >= 4 is 27.5 Å². The Morgan fingerprint density at radius 2 is 2.26 bits per heavy atom. The van der Waals surface area contributed by atoms with Crippen molar-refractivity contribution in [2.45, 2.75) is 25.8 Å². The smallest absolute Gasteiger partial charge is 0.242 e. The highest BCUT2D eigenvalue weighted by molar-refractivity contribution is 9.10. The summed E-state index contributed by atoms with van der Waals surface area (Å²) in [7, 11) is 1.63. The summed E-state index contributed by atoms with van der Waals surface area (Å²) >= 11 is 3.46. The van der Waals surface area contributed by atoms with Crippen molar-refractivity contribution in [1.82, 2.24) is 4.90 Å². The summed E-state index contributed by atoms with van der Waals surface area (Å²) in [6, 6.07) is 6.13. The highest BCUT2D eigenvalue weighted by Gasteiger charge is 2.30. The number of benzene rings is 1. The van der Waals surface area contributed by atoms with Crippen LogP contribution in [0.4, 0.5) is 5.69 Å². The van der Waals surface area contributed by atoms with Crippen LogP contribution in [0, 0.1) is 0 Å². The van der Waals surface area contributed by atoms with Crippen LogP contribution >= 0.6 is 15.9 Å². The van der Waals surface area contributed by atoms with E-state index in [1.54, 1.807) is 7.11 Å². The Morgan fingerprint density at radius 3 is 2.84 bits per heavy atom. The van der Waals surface area contributed by atoms with Gasteiger partial charge in [-0.05, 0) is 47.8 Å². The Balaban J connectivity index is 1.95. The van der Waals surface area contributed by atoms with Crippen molar-refractivity contribution in [2.24, 2.45) is 0 Å². The molecule has 0 aliphatic heterocycles. The van der Waals surface area contributed by atoms with E-state index in [0.29, 0.717) is 12.6 Å². The molecule has 19 heavy (non-hydrogen) atoms. The summed E-state index contributed by atoms with van der Waals surface area (Å²) < 4.78 is 6.10. The molecule has 1 fully saturated rings. The topological polar surface area (TPSA) is 41.6 Å². The zero-order valence-corrected chi connectivity index (χ0v) is 12.9. The number of carbonyl (C=O) groups excluding carboxylic acids is 1. The molecule has 1 aromatic rings. The van der Waals surface area contributed by atoms with Gasteiger partial charge in [-0.25, -0.2) is 0 Å². The minimum atomic E-state index is 0.153. The minimum Gasteiger partial charge on any atom is -0.497 e. The third-order valence-corrected chi connectivity index (χ3v) is 3.94. The van der Waals surface area contributed by atoms with Gasteiger partial charge in [0.2, 0.25) is 5.91 Å². The van der Waals surface area contributed by atoms with E-state index in [-0.39, 0.29) is 5.91 Å². The Labute approximate surface area is 122 Å². The first-order valence-electron chi connectivity index (χ1n) is 6.52. The molecule has 0 saturated heterocycles. The van der Waals surface area contributed by atoms with Crippen LogP contribution in [0.2, 0.25) is 0 Å². The van der Waals surface area contributed by atoms with E-state index in [1.165, 1.54) is 0 Å². The zero-order chi connectivity index (χ0) is 13.8. The molecule has 2 rings (SSSR count). The normalized spacial score (nSPS) is 14.1. The van der Waals surface area contributed by atoms with Crippen LogP contribution in [0.5, 0.6) is 5.75 Å². The van der Waals surface area contributed by atoms with Crippen molar-refractivity contribution in [3.05, 3.63) is 22.7 Å². The summed E-state index contributed by atoms with van der Waals surface area (Å²) in [5.41, 5.74) is 0.875. The maximum Gasteiger partial charge on any atom is 0.242 e. The second kappa shape index (κ2) is 6.28. The Morgan fingerprint density at radius 1 is 1.53 bits per heavy atom. The number of ether oxygens (including phenoxy) is 1. The first-order valence-corrected chi connectivity index (χ1v) is 7.32. The van der Waals surface area contributed by atoms with Gasteiger partial charge in [0, 0.05) is 23.1 Å². The molecule has 1 amide bonds. The maximum absolute atomic E-state index is 12.1. The fraction of sp³-hybridized carbons (Fsp3) is 0.500. The fourth-order valence-corrected chi connectivity index (χ4v) is 2.45. The molecule has 0 spiro atoms. The highest BCUT2D eigenvalue weighted by atomic mass is 79.9. The molecule has 0 unspecified atom stereocenters. The quantitative estimate of drug-likeness (QED) is 0.874. The lowest BCUT2D eigenvalue weighted by Crippen LogP contribution is -2.37. The molecule has 1 saturated carbocycles. The van der Waals surface area contributed by atoms with Crippen LogP contribution in [-0.4, -0.2) is 37.0 Å². The van der Waals surface area contributed by atoms with Gasteiger partial charge >= 0.3 is 0 Å². The average Bonchev–Trinajstić information content (AvgIpc) is 3.23. The number of likely N-dealkylation sites (N-methyl/N-ethyl adjacent to an activating group) is 1. The van der Waals surface area contributed by atoms with Crippen LogP contribution in [0.1, 0.15) is 19.8 Å². The molecule has 0 aromatic heterocycles. The van der Waals surface area contributed by atoms with Gasteiger partial charge in [-0.2, -0.15) is 0 Å². The fourth-order valence-electron chi connectivity index (χ4n) is 2.06. The summed E-state index contributed by atoms with van der Waals surface area (Å²) in [4.78, 5) is 14.1. The van der Waals surface area contributed by atoms with Crippen molar-refractivity contribution in [3.63, 3.8) is 0 Å². The van der Waals surface area contributed by atoms with Gasteiger partial charge < -0.3 is 15.0 Å². The van der Waals surface area contributed by atoms with Crippen molar-refractivity contribution in [1.29, 1.82) is 0 Å². The second-order valence-corrected chi connectivity index (χ2v) is 5.46. The molecule has 4 nitrogen and oxygen atoms in total. The molecule has 1 N–H and O–H groups in total. The average molecular weight is 327 g/mol. The zero-order valence-electron chi connectivity index (χ0n) is 11.3. The summed E-state index contributed by atoms with van der Waals surface area (Å²) in [6.07, 6.45) is 2.28. The van der Waals surface area contributed by atoms with Crippen molar-refractivity contribution in [3.8, 4) is 5.75 Å². The van der Waals surface area contributed by atoms with Gasteiger partial charge in [-0.1, -0.05) is 0 Å². The molecule has 1 aromatic carbocycles. The molecule has 0 atom stereocenters. The molecular formula is C14H19BrN2O2. The van der Waals surface area contributed by atoms with Gasteiger partial charge in [0.1, 0.15) is 5.75 Å². The largest absolute Gasteiger partial charge is 0.497 e. The van der Waals surface area contributed by atoms with Crippen molar-refractivity contribution < 1.29 is 9.53 Å². The first kappa shape index (κ1) is 14.2. The Bertz CT molecular complexity index is 461. The molecule has 0 bridgehead atoms. The van der Waals surface area contributed by atoms with Gasteiger partial charge in [0.15, 0.2) is 0 Å². The molecule has 1 aliphatic rings. The van der Waals surface area contributed by atoms with Crippen LogP contribution in [0.15, 0.2) is 22.7 Å². The van der Waals surface area contributed by atoms with Gasteiger partial charge in [-0.15, -0.1) is 0 Å². The van der Waals surface area contributed by atoms with E-state index in [9.17, 15) is 4.79 Å². The van der Waals surface area contributed by atoms with Crippen LogP contribution in [0.25, 0.3) is 0 Å². The summed E-state index contributed by atoms with van der Waals surface area (Å²) in [5.74, 6) is 0.924. The Hall–Kier alpha value is -1.23. The van der Waals surface area contributed by atoms with E-state index in [1.807, 2.05) is 30.0 Å². The molecular weight excluding hydrogens is 308 g/mol. The van der Waals surface area contributed by atoms with E-state index in [2.05, 4.69) is 21.2 Å². The third-order valence-electron chi connectivity index (χ3n) is 3.25. The number of rotatable bonds is 6. The number of hydrogen-bond acceptors (Lipinski definition) is 3.